The fraction of sp³-hybridized carbons (Fsp3) is 0.357. The molecule has 0 spiro atoms. The number of aromatic nitrogens is 3. The highest BCUT2D eigenvalue weighted by atomic mass is 19.1. The van der Waals surface area contributed by atoms with Crippen molar-refractivity contribution in [1.82, 2.24) is 15.0 Å². The van der Waals surface area contributed by atoms with Crippen molar-refractivity contribution < 1.29 is 9.13 Å². The summed E-state index contributed by atoms with van der Waals surface area (Å²) in [6.45, 7) is 1.80. The van der Waals surface area contributed by atoms with Crippen LogP contribution in [0.5, 0.6) is 11.8 Å². The first-order valence-corrected chi connectivity index (χ1v) is 6.90. The van der Waals surface area contributed by atoms with E-state index in [1.807, 2.05) is 0 Å². The minimum atomic E-state index is -0.327. The maximum Gasteiger partial charge on any atom is 0.328 e. The van der Waals surface area contributed by atoms with Gasteiger partial charge in [0.1, 0.15) is 11.6 Å². The highest BCUT2D eigenvalue weighted by Crippen LogP contribution is 2.22. The molecule has 6 nitrogen and oxygen atoms in total. The summed E-state index contributed by atoms with van der Waals surface area (Å²) in [6.07, 6.45) is 3.44. The first kappa shape index (κ1) is 13.5. The number of anilines is 2. The van der Waals surface area contributed by atoms with Crippen LogP contribution in [0.25, 0.3) is 0 Å². The average molecular weight is 289 g/mol. The van der Waals surface area contributed by atoms with Crippen LogP contribution in [0.2, 0.25) is 0 Å². The molecule has 0 bridgehead atoms. The molecule has 110 valence electrons. The molecule has 2 aromatic rings. The van der Waals surface area contributed by atoms with Crippen LogP contribution in [0.1, 0.15) is 19.3 Å². The van der Waals surface area contributed by atoms with Crippen molar-refractivity contribution in [2.45, 2.75) is 19.3 Å². The molecule has 1 aliphatic heterocycles. The number of piperidine rings is 1. The predicted octanol–water partition coefficient (Wildman–Crippen LogP) is 2.38. The number of nitrogens with zero attached hydrogens (tertiary/aromatic N) is 4. The second kappa shape index (κ2) is 5.90. The van der Waals surface area contributed by atoms with E-state index >= 15 is 0 Å². The second-order valence-electron chi connectivity index (χ2n) is 4.88. The van der Waals surface area contributed by atoms with Gasteiger partial charge in [0, 0.05) is 13.1 Å². The highest BCUT2D eigenvalue weighted by Gasteiger charge is 2.16. The second-order valence-corrected chi connectivity index (χ2v) is 4.88. The van der Waals surface area contributed by atoms with Crippen LogP contribution in [0.3, 0.4) is 0 Å². The van der Waals surface area contributed by atoms with Gasteiger partial charge in [0.25, 0.3) is 0 Å². The van der Waals surface area contributed by atoms with E-state index in [-0.39, 0.29) is 17.8 Å². The average Bonchev–Trinajstić information content (AvgIpc) is 2.50. The van der Waals surface area contributed by atoms with E-state index in [9.17, 15) is 4.39 Å². The molecular formula is C14H16FN5O. The molecule has 2 heterocycles. The van der Waals surface area contributed by atoms with Gasteiger partial charge < -0.3 is 15.4 Å². The minimum Gasteiger partial charge on any atom is -0.424 e. The monoisotopic (exact) mass is 289 g/mol. The Hall–Kier alpha value is -2.44. The molecule has 7 heteroatoms. The number of ether oxygens (including phenoxy) is 1. The molecule has 0 saturated carbocycles. The number of hydrogen-bond acceptors (Lipinski definition) is 6. The topological polar surface area (TPSA) is 77.2 Å². The summed E-state index contributed by atoms with van der Waals surface area (Å²) in [4.78, 5) is 14.5. The quantitative estimate of drug-likeness (QED) is 0.934. The third-order valence-electron chi connectivity index (χ3n) is 3.28. The largest absolute Gasteiger partial charge is 0.424 e. The fourth-order valence-corrected chi connectivity index (χ4v) is 2.25. The van der Waals surface area contributed by atoms with Crippen LogP contribution >= 0.6 is 0 Å². The first-order valence-electron chi connectivity index (χ1n) is 6.90. The van der Waals surface area contributed by atoms with Gasteiger partial charge in [-0.15, -0.1) is 0 Å². The third kappa shape index (κ3) is 3.36. The lowest BCUT2D eigenvalue weighted by Crippen LogP contribution is -2.31. The smallest absolute Gasteiger partial charge is 0.328 e. The normalized spacial score (nSPS) is 15.0. The number of benzene rings is 1. The minimum absolute atomic E-state index is 0.114. The van der Waals surface area contributed by atoms with Gasteiger partial charge >= 0.3 is 6.01 Å². The molecular weight excluding hydrogens is 273 g/mol. The Morgan fingerprint density at radius 3 is 2.43 bits per heavy atom. The predicted molar refractivity (Wildman–Crippen MR) is 76.8 cm³/mol. The summed E-state index contributed by atoms with van der Waals surface area (Å²) in [5.74, 6) is 0.764. The molecule has 1 fully saturated rings. The lowest BCUT2D eigenvalue weighted by molar-refractivity contribution is 0.437. The highest BCUT2D eigenvalue weighted by molar-refractivity contribution is 5.37. The van der Waals surface area contributed by atoms with Gasteiger partial charge in [0.15, 0.2) is 0 Å². The number of nitrogens with two attached hydrogens (primary N) is 1. The van der Waals surface area contributed by atoms with E-state index in [4.69, 9.17) is 10.5 Å². The number of rotatable bonds is 3. The molecule has 1 aromatic carbocycles. The van der Waals surface area contributed by atoms with Gasteiger partial charge in [-0.25, -0.2) is 4.39 Å². The Bertz CT molecular complexity index is 613. The van der Waals surface area contributed by atoms with Gasteiger partial charge in [-0.05, 0) is 43.5 Å². The third-order valence-corrected chi connectivity index (χ3v) is 3.28. The summed E-state index contributed by atoms with van der Waals surface area (Å²) < 4.78 is 18.4. The Kier molecular flexibility index (Phi) is 3.81. The fourth-order valence-electron chi connectivity index (χ4n) is 2.25. The van der Waals surface area contributed by atoms with Gasteiger partial charge in [-0.2, -0.15) is 15.0 Å². The lowest BCUT2D eigenvalue weighted by Gasteiger charge is -2.26. The molecule has 0 unspecified atom stereocenters. The van der Waals surface area contributed by atoms with Gasteiger partial charge in [-0.1, -0.05) is 0 Å². The van der Waals surface area contributed by atoms with E-state index in [2.05, 4.69) is 19.9 Å². The van der Waals surface area contributed by atoms with Crippen LogP contribution in [0, 0.1) is 5.82 Å². The molecule has 0 amide bonds. The van der Waals surface area contributed by atoms with Crippen LogP contribution < -0.4 is 15.4 Å². The van der Waals surface area contributed by atoms with E-state index < -0.39 is 0 Å². The van der Waals surface area contributed by atoms with Gasteiger partial charge in [-0.3, -0.25) is 0 Å². The summed E-state index contributed by atoms with van der Waals surface area (Å²) >= 11 is 0. The van der Waals surface area contributed by atoms with Crippen LogP contribution in [-0.4, -0.2) is 28.0 Å². The first-order chi connectivity index (χ1) is 10.2. The SMILES string of the molecule is Nc1nc(Oc2ccc(F)cc2)nc(N2CCCCC2)n1. The summed E-state index contributed by atoms with van der Waals surface area (Å²) in [6, 6.07) is 5.76. The van der Waals surface area contributed by atoms with Gasteiger partial charge in [0.2, 0.25) is 11.9 Å². The molecule has 2 N–H and O–H groups in total. The van der Waals surface area contributed by atoms with Crippen LogP contribution in [0.4, 0.5) is 16.3 Å². The van der Waals surface area contributed by atoms with Crippen molar-refractivity contribution in [1.29, 1.82) is 0 Å². The van der Waals surface area contributed by atoms with Crippen LogP contribution in [0.15, 0.2) is 24.3 Å². The van der Waals surface area contributed by atoms with Crippen molar-refractivity contribution in [3.05, 3.63) is 30.1 Å². The molecule has 0 radical (unpaired) electrons. The number of halogens is 1. The molecule has 1 aromatic heterocycles. The number of hydrogen-bond donors (Lipinski definition) is 1. The summed E-state index contributed by atoms with van der Waals surface area (Å²) in [5.41, 5.74) is 5.71. The molecule has 1 saturated heterocycles. The number of nitrogen functional groups attached to an aromatic ring is 1. The van der Waals surface area contributed by atoms with Crippen molar-refractivity contribution in [3.8, 4) is 11.8 Å². The van der Waals surface area contributed by atoms with E-state index in [0.29, 0.717) is 11.7 Å². The molecule has 0 atom stereocenters. The maximum atomic E-state index is 12.9. The zero-order valence-electron chi connectivity index (χ0n) is 11.5. The van der Waals surface area contributed by atoms with Crippen molar-refractivity contribution in [2.24, 2.45) is 0 Å². The van der Waals surface area contributed by atoms with E-state index in [1.165, 1.54) is 30.7 Å². The van der Waals surface area contributed by atoms with E-state index in [1.54, 1.807) is 0 Å². The summed E-state index contributed by atoms with van der Waals surface area (Å²) in [5, 5.41) is 0. The Balaban J connectivity index is 1.81. The van der Waals surface area contributed by atoms with Crippen molar-refractivity contribution >= 4 is 11.9 Å². The van der Waals surface area contributed by atoms with Crippen molar-refractivity contribution in [3.63, 3.8) is 0 Å². The summed E-state index contributed by atoms with van der Waals surface area (Å²) in [7, 11) is 0. The molecule has 1 aliphatic rings. The van der Waals surface area contributed by atoms with Crippen molar-refractivity contribution in [2.75, 3.05) is 23.7 Å². The Labute approximate surface area is 121 Å². The molecule has 0 aliphatic carbocycles. The van der Waals surface area contributed by atoms with Crippen LogP contribution in [-0.2, 0) is 0 Å². The Morgan fingerprint density at radius 1 is 1.00 bits per heavy atom. The zero-order chi connectivity index (χ0) is 14.7. The van der Waals surface area contributed by atoms with E-state index in [0.717, 1.165) is 25.9 Å². The zero-order valence-corrected chi connectivity index (χ0v) is 11.5. The standard InChI is InChI=1S/C14H16FN5O/c15-10-4-6-11(7-5-10)21-14-18-12(16)17-13(19-14)20-8-2-1-3-9-20/h4-7H,1-3,8-9H2,(H2,16,17,18,19). The maximum absolute atomic E-state index is 12.9. The molecule has 21 heavy (non-hydrogen) atoms. The lowest BCUT2D eigenvalue weighted by atomic mass is 10.1. The Morgan fingerprint density at radius 2 is 1.71 bits per heavy atom. The van der Waals surface area contributed by atoms with Gasteiger partial charge in [0.05, 0.1) is 0 Å². The molecule has 3 rings (SSSR count).